The lowest BCUT2D eigenvalue weighted by molar-refractivity contribution is -0.144. The molecule has 0 fully saturated rings. The van der Waals surface area contributed by atoms with Gasteiger partial charge in [-0.1, -0.05) is 41.9 Å². The molecule has 4 aromatic rings. The lowest BCUT2D eigenvalue weighted by Crippen LogP contribution is -2.40. The molecule has 0 unspecified atom stereocenters. The third-order valence-electron chi connectivity index (χ3n) is 13.9. The van der Waals surface area contributed by atoms with Crippen LogP contribution in [0.15, 0.2) is 70.9 Å². The molecule has 0 radical (unpaired) electrons. The molecule has 0 saturated heterocycles. The number of pyridine rings is 2. The van der Waals surface area contributed by atoms with Gasteiger partial charge in [-0.15, -0.1) is 0 Å². The van der Waals surface area contributed by atoms with Gasteiger partial charge >= 0.3 is 24.0 Å². The van der Waals surface area contributed by atoms with E-state index in [1.807, 2.05) is 32.9 Å². The number of hydrogen-bond acceptors (Lipinski definition) is 16. The second-order valence-corrected chi connectivity index (χ2v) is 21.6. The summed E-state index contributed by atoms with van der Waals surface area (Å²) < 4.78 is 59.5. The average molecular weight is 1250 g/mol. The van der Waals surface area contributed by atoms with Crippen LogP contribution in [0.3, 0.4) is 0 Å². The lowest BCUT2D eigenvalue weighted by atomic mass is 9.95. The molecule has 3 N–H and O–H groups in total. The molecule has 2 atom stereocenters. The number of esters is 1. The molecule has 0 spiro atoms. The fourth-order valence-electron chi connectivity index (χ4n) is 9.67. The summed E-state index contributed by atoms with van der Waals surface area (Å²) in [6.07, 6.45) is 10.2. The number of fused-ring (bicyclic) bond motifs is 2. The Morgan fingerprint density at radius 2 is 1.31 bits per heavy atom. The van der Waals surface area contributed by atoms with Gasteiger partial charge < -0.3 is 48.9 Å². The predicted molar refractivity (Wildman–Crippen MR) is 331 cm³/mol. The van der Waals surface area contributed by atoms with Crippen LogP contribution in [-0.2, 0) is 70.2 Å². The number of hydrogen-bond donors (Lipinski definition) is 3. The van der Waals surface area contributed by atoms with Gasteiger partial charge in [-0.2, -0.15) is 0 Å². The molecule has 2 aromatic heterocycles. The maximum Gasteiger partial charge on any atom is 0.416 e. The van der Waals surface area contributed by atoms with Crippen LogP contribution in [-0.4, -0.2) is 141 Å². The number of nitrogens with one attached hydrogen (secondary N) is 1. The van der Waals surface area contributed by atoms with Crippen LogP contribution in [0.25, 0.3) is 20.9 Å². The number of unbranched alkanes of at least 4 members (excludes halogenated alkanes) is 2. The highest BCUT2D eigenvalue weighted by Gasteiger charge is 2.30. The molecule has 89 heavy (non-hydrogen) atoms. The number of anilines is 1. The average Bonchev–Trinajstić information content (AvgIpc) is 2.99. The van der Waals surface area contributed by atoms with Gasteiger partial charge in [0.05, 0.1) is 66.1 Å². The number of ether oxygens (including phenoxy) is 6. The van der Waals surface area contributed by atoms with Crippen molar-refractivity contribution in [2.75, 3.05) is 84.9 Å². The Labute approximate surface area is 520 Å². The number of nitrogens with zero attached hydrogens (tertiary/aromatic N) is 10. The first-order chi connectivity index (χ1) is 42.3. The molecule has 1 aliphatic carbocycles. The van der Waals surface area contributed by atoms with Crippen LogP contribution in [0.2, 0.25) is 0 Å². The first-order valence-electron chi connectivity index (χ1n) is 29.7. The molecular formula is C63H89F2N11O13. The number of azide groups is 2. The van der Waals surface area contributed by atoms with Crippen LogP contribution in [0, 0.1) is 11.6 Å². The van der Waals surface area contributed by atoms with Crippen molar-refractivity contribution >= 4 is 35.7 Å². The van der Waals surface area contributed by atoms with Gasteiger partial charge in [-0.3, -0.25) is 29.1 Å². The quantitative estimate of drug-likeness (QED) is 0.0131. The number of amides is 2. The first kappa shape index (κ1) is 75.1. The van der Waals surface area contributed by atoms with Crippen molar-refractivity contribution < 1.29 is 71.4 Å². The number of aryl methyl sites for hydroxylation is 5. The van der Waals surface area contributed by atoms with Crippen molar-refractivity contribution in [1.82, 2.24) is 20.2 Å². The molecular weight excluding hydrogens is 1160 g/mol. The normalized spacial score (nSPS) is 12.8. The number of aromatic nitrogens is 2. The second-order valence-electron chi connectivity index (χ2n) is 21.6. The molecule has 3 heterocycles. The second kappa shape index (κ2) is 41.1. The lowest BCUT2D eigenvalue weighted by Gasteiger charge is -2.32. The number of benzene rings is 2. The Morgan fingerprint density at radius 1 is 0.730 bits per heavy atom. The number of methoxy groups -OCH3 is 2. The summed E-state index contributed by atoms with van der Waals surface area (Å²) in [7, 11) is 2.73. The standard InChI is InChI=1S/C28H36FN5O5.C18H26N2O4.C16H23FN4O4.CH4/c1-38-26-13-11-21(18-23(26)29)25(19-28(36)37)34(15-17-39-16-14-31-33-30)27(35)9-5-3-7-22-12-10-20-6-2-4-8-24(20)32-22;1-18(2,3)24-17(23)20-12-6-7-13-10-11-14(19-16(13)20)8-4-5-9-15(21)22;1-3-25-16(22)11-14(19-6-8-24-9-7-20-21-18)12-4-5-15(23-2)13(17)10-12;/h10-13,18,25H,2-9,14-17,19H2,1H3,(H,36,37);10-11H,4-9,12H2,1-3H3,(H,21,22);4-5,10,14,19H,3,6-9,11H2,1-2H3;1H4/t25-;;14-;/m0.0./s1. The molecule has 2 aliphatic rings. The topological polar surface area (TPSA) is 323 Å². The minimum Gasteiger partial charge on any atom is -0.494 e. The van der Waals surface area contributed by atoms with E-state index in [1.165, 1.54) is 67.5 Å². The van der Waals surface area contributed by atoms with E-state index >= 15 is 0 Å². The molecule has 1 aliphatic heterocycles. The zero-order valence-electron chi connectivity index (χ0n) is 51.4. The summed E-state index contributed by atoms with van der Waals surface area (Å²) in [6, 6.07) is 15.6. The van der Waals surface area contributed by atoms with Gasteiger partial charge in [0.15, 0.2) is 23.1 Å². The van der Waals surface area contributed by atoms with Crippen LogP contribution in [0.5, 0.6) is 11.5 Å². The Bertz CT molecular complexity index is 2980. The van der Waals surface area contributed by atoms with E-state index in [-0.39, 0.29) is 95.6 Å². The van der Waals surface area contributed by atoms with Gasteiger partial charge in [0.1, 0.15) is 11.4 Å². The van der Waals surface area contributed by atoms with Crippen LogP contribution in [0.4, 0.5) is 19.4 Å². The minimum absolute atomic E-state index is 0. The number of halogens is 2. The monoisotopic (exact) mass is 1250 g/mol. The van der Waals surface area contributed by atoms with E-state index < -0.39 is 47.7 Å². The zero-order valence-corrected chi connectivity index (χ0v) is 51.4. The SMILES string of the molecule is C.CC(C)(C)OC(=O)N1CCCc2ccc(CCCCC(=O)O)nc21.CCOC(=O)C[C@H](NCCOCCN=[N+]=[N-])c1ccc(OC)c(F)c1.COc1ccc([C@H](CC(=O)O)N(CCOCCN=[N+]=[N-])C(=O)CCCCc2ccc3c(n2)CCCC3)cc1F. The minimum atomic E-state index is -1.11. The fourth-order valence-corrected chi connectivity index (χ4v) is 9.67. The van der Waals surface area contributed by atoms with Crippen molar-refractivity contribution in [2.24, 2.45) is 10.2 Å². The van der Waals surface area contributed by atoms with E-state index in [2.05, 4.69) is 42.5 Å². The van der Waals surface area contributed by atoms with Gasteiger partial charge in [-0.05, 0) is 174 Å². The number of carboxylic acid groups (broad SMARTS) is 2. The number of carbonyl (C=O) groups is 5. The summed E-state index contributed by atoms with van der Waals surface area (Å²) in [5.74, 6) is -2.78. The van der Waals surface area contributed by atoms with Crippen molar-refractivity contribution in [3.05, 3.63) is 133 Å². The third-order valence-corrected chi connectivity index (χ3v) is 13.9. The Morgan fingerprint density at radius 3 is 1.91 bits per heavy atom. The van der Waals surface area contributed by atoms with Gasteiger partial charge in [-0.25, -0.2) is 18.6 Å². The predicted octanol–water partition coefficient (Wildman–Crippen LogP) is 12.1. The maximum atomic E-state index is 14.5. The molecule has 26 heteroatoms. The Hall–Kier alpha value is -8.15. The number of carboxylic acids is 2. The molecule has 2 amide bonds. The molecule has 0 bridgehead atoms. The largest absolute Gasteiger partial charge is 0.494 e. The van der Waals surface area contributed by atoms with Crippen LogP contribution >= 0.6 is 0 Å². The smallest absolute Gasteiger partial charge is 0.416 e. The highest BCUT2D eigenvalue weighted by atomic mass is 19.1. The highest BCUT2D eigenvalue weighted by molar-refractivity contribution is 5.88. The Balaban J connectivity index is 0.000000363. The molecule has 24 nitrogen and oxygen atoms in total. The zero-order chi connectivity index (χ0) is 64.3. The summed E-state index contributed by atoms with van der Waals surface area (Å²) in [5, 5.41) is 28.2. The van der Waals surface area contributed by atoms with Crippen molar-refractivity contribution in [3.63, 3.8) is 0 Å². The summed E-state index contributed by atoms with van der Waals surface area (Å²) in [6.45, 7) is 10.1. The molecule has 2 aromatic carbocycles. The first-order valence-corrected chi connectivity index (χ1v) is 29.7. The maximum absolute atomic E-state index is 14.5. The summed E-state index contributed by atoms with van der Waals surface area (Å²) >= 11 is 0. The number of carbonyl (C=O) groups excluding carboxylic acids is 3. The Kier molecular flexibility index (Phi) is 34.7. The number of rotatable bonds is 33. The van der Waals surface area contributed by atoms with E-state index in [0.29, 0.717) is 62.5 Å². The molecule has 488 valence electrons. The highest BCUT2D eigenvalue weighted by Crippen LogP contribution is 2.31. The van der Waals surface area contributed by atoms with Crippen LogP contribution in [0.1, 0.15) is 157 Å². The van der Waals surface area contributed by atoms with E-state index in [0.717, 1.165) is 61.9 Å². The third kappa shape index (κ3) is 27.8. The molecule has 0 saturated carbocycles. The van der Waals surface area contributed by atoms with Gasteiger partial charge in [0.25, 0.3) is 0 Å². The van der Waals surface area contributed by atoms with Crippen molar-refractivity contribution in [2.45, 2.75) is 156 Å². The van der Waals surface area contributed by atoms with E-state index in [9.17, 15) is 37.9 Å². The van der Waals surface area contributed by atoms with E-state index in [4.69, 9.17) is 49.6 Å². The fraction of sp³-hybridized carbons (Fsp3) is 0.571. The van der Waals surface area contributed by atoms with Crippen LogP contribution < -0.4 is 19.7 Å². The van der Waals surface area contributed by atoms with Crippen molar-refractivity contribution in [1.29, 1.82) is 0 Å². The van der Waals surface area contributed by atoms with E-state index in [1.54, 1.807) is 24.0 Å². The summed E-state index contributed by atoms with van der Waals surface area (Å²) in [4.78, 5) is 77.7. The molecule has 6 rings (SSSR count). The summed E-state index contributed by atoms with van der Waals surface area (Å²) in [5.41, 5.74) is 22.5. The van der Waals surface area contributed by atoms with Gasteiger partial charge in [0, 0.05) is 78.5 Å². The number of aliphatic carboxylic acids is 2. The van der Waals surface area contributed by atoms with Gasteiger partial charge in [0.2, 0.25) is 5.91 Å². The van der Waals surface area contributed by atoms with Crippen molar-refractivity contribution in [3.8, 4) is 11.5 Å².